The monoisotopic (exact) mass is 426 g/mol. The van der Waals surface area contributed by atoms with Crippen LogP contribution in [0, 0.1) is 6.92 Å². The Labute approximate surface area is 174 Å². The number of hydrogen-bond acceptors (Lipinski definition) is 3. The fourth-order valence-corrected chi connectivity index (χ4v) is 3.83. The number of amides is 2. The van der Waals surface area contributed by atoms with Crippen LogP contribution in [-0.2, 0) is 22.7 Å². The number of alkyl halides is 2. The smallest absolute Gasteiger partial charge is 0.256 e. The van der Waals surface area contributed by atoms with Gasteiger partial charge in [0, 0.05) is 17.5 Å². The molecule has 27 heavy (non-hydrogen) atoms. The van der Waals surface area contributed by atoms with E-state index in [4.69, 9.17) is 23.2 Å². The van der Waals surface area contributed by atoms with E-state index in [1.165, 1.54) is 4.90 Å². The average molecular weight is 427 g/mol. The minimum Gasteiger partial charge on any atom is -0.332 e. The van der Waals surface area contributed by atoms with Crippen molar-refractivity contribution in [3.63, 3.8) is 0 Å². The predicted molar refractivity (Wildman–Crippen MR) is 112 cm³/mol. The molecule has 4 nitrogen and oxygen atoms in total. The molecule has 2 aromatic rings. The van der Waals surface area contributed by atoms with Crippen LogP contribution < -0.4 is 0 Å². The second-order valence-corrected chi connectivity index (χ2v) is 8.72. The predicted octanol–water partition coefficient (Wildman–Crippen LogP) is 4.63. The number of benzene rings is 1. The Bertz CT molecular complexity index is 762. The van der Waals surface area contributed by atoms with Gasteiger partial charge >= 0.3 is 0 Å². The third-order valence-electron chi connectivity index (χ3n) is 4.27. The SMILES string of the molecule is Cc1ccsc1CN(Cc1ccccc1)C(=O)CN(C(=O)C(Cl)Cl)C(C)C. The normalized spacial score (nSPS) is 11.1. The van der Waals surface area contributed by atoms with Crippen molar-refractivity contribution < 1.29 is 9.59 Å². The maximum Gasteiger partial charge on any atom is 0.256 e. The number of hydrogen-bond donors (Lipinski definition) is 0. The molecule has 0 aliphatic heterocycles. The zero-order valence-electron chi connectivity index (χ0n) is 15.7. The molecule has 0 aliphatic carbocycles. The van der Waals surface area contributed by atoms with Gasteiger partial charge in [0.25, 0.3) is 5.91 Å². The van der Waals surface area contributed by atoms with Gasteiger partial charge in [-0.25, -0.2) is 0 Å². The van der Waals surface area contributed by atoms with Gasteiger partial charge in [0.2, 0.25) is 5.91 Å². The van der Waals surface area contributed by atoms with Crippen molar-refractivity contribution >= 4 is 46.4 Å². The van der Waals surface area contributed by atoms with Crippen LogP contribution in [0.1, 0.15) is 29.9 Å². The first kappa shape index (κ1) is 21.7. The van der Waals surface area contributed by atoms with Crippen molar-refractivity contribution in [1.29, 1.82) is 0 Å². The molecular weight excluding hydrogens is 403 g/mol. The van der Waals surface area contributed by atoms with Gasteiger partial charge in [0.05, 0.1) is 6.54 Å². The lowest BCUT2D eigenvalue weighted by molar-refractivity contribution is -0.141. The summed E-state index contributed by atoms with van der Waals surface area (Å²) < 4.78 is 0. The van der Waals surface area contributed by atoms with Gasteiger partial charge in [0.1, 0.15) is 6.54 Å². The number of rotatable bonds is 8. The van der Waals surface area contributed by atoms with Crippen LogP contribution in [0.4, 0.5) is 0 Å². The van der Waals surface area contributed by atoms with E-state index < -0.39 is 10.7 Å². The highest BCUT2D eigenvalue weighted by molar-refractivity contribution is 7.10. The van der Waals surface area contributed by atoms with Crippen LogP contribution >= 0.6 is 34.5 Å². The lowest BCUT2D eigenvalue weighted by Gasteiger charge is -2.30. The van der Waals surface area contributed by atoms with E-state index in [-0.39, 0.29) is 18.5 Å². The van der Waals surface area contributed by atoms with Gasteiger partial charge in [-0.2, -0.15) is 0 Å². The summed E-state index contributed by atoms with van der Waals surface area (Å²) in [7, 11) is 0. The number of nitrogens with zero attached hydrogens (tertiary/aromatic N) is 2. The molecule has 2 rings (SSSR count). The van der Waals surface area contributed by atoms with Crippen LogP contribution in [0.2, 0.25) is 0 Å². The standard InChI is InChI=1S/C20H24Cl2N2O2S/c1-14(2)24(20(26)19(21)22)13-18(25)23(11-16-7-5-4-6-8-16)12-17-15(3)9-10-27-17/h4-10,14,19H,11-13H2,1-3H3. The topological polar surface area (TPSA) is 40.6 Å². The van der Waals surface area contributed by atoms with Crippen LogP contribution in [0.5, 0.6) is 0 Å². The maximum absolute atomic E-state index is 13.1. The van der Waals surface area contributed by atoms with Gasteiger partial charge in [-0.3, -0.25) is 9.59 Å². The zero-order chi connectivity index (χ0) is 20.0. The molecule has 0 atom stereocenters. The summed E-state index contributed by atoms with van der Waals surface area (Å²) in [5, 5.41) is 2.02. The third-order valence-corrected chi connectivity index (χ3v) is 5.65. The molecule has 7 heteroatoms. The molecule has 146 valence electrons. The molecule has 0 saturated carbocycles. The first-order chi connectivity index (χ1) is 12.8. The van der Waals surface area contributed by atoms with Crippen LogP contribution in [0.25, 0.3) is 0 Å². The highest BCUT2D eigenvalue weighted by atomic mass is 35.5. The van der Waals surface area contributed by atoms with Crippen molar-refractivity contribution in [2.75, 3.05) is 6.54 Å². The van der Waals surface area contributed by atoms with Gasteiger partial charge in [-0.1, -0.05) is 53.5 Å². The summed E-state index contributed by atoms with van der Waals surface area (Å²) in [6.07, 6.45) is 0. The van der Waals surface area contributed by atoms with E-state index in [0.717, 1.165) is 16.0 Å². The Hall–Kier alpha value is -1.56. The summed E-state index contributed by atoms with van der Waals surface area (Å²) in [4.78, 5) is 28.5. The molecule has 0 fully saturated rings. The van der Waals surface area contributed by atoms with Crippen molar-refractivity contribution in [2.24, 2.45) is 0 Å². The van der Waals surface area contributed by atoms with Crippen LogP contribution in [0.15, 0.2) is 41.8 Å². The van der Waals surface area contributed by atoms with Crippen molar-refractivity contribution in [3.8, 4) is 0 Å². The van der Waals surface area contributed by atoms with E-state index in [9.17, 15) is 9.59 Å². The quantitative estimate of drug-likeness (QED) is 0.577. The zero-order valence-corrected chi connectivity index (χ0v) is 18.0. The summed E-state index contributed by atoms with van der Waals surface area (Å²) in [5.74, 6) is -0.587. The highest BCUT2D eigenvalue weighted by Gasteiger charge is 2.27. The van der Waals surface area contributed by atoms with E-state index in [2.05, 4.69) is 0 Å². The largest absolute Gasteiger partial charge is 0.332 e. The average Bonchev–Trinajstić information content (AvgIpc) is 3.03. The molecule has 1 aromatic heterocycles. The van der Waals surface area contributed by atoms with E-state index in [1.807, 2.05) is 62.5 Å². The second-order valence-electron chi connectivity index (χ2n) is 6.62. The first-order valence-corrected chi connectivity index (χ1v) is 10.5. The summed E-state index contributed by atoms with van der Waals surface area (Å²) in [6, 6.07) is 11.7. The number of halogens is 2. The van der Waals surface area contributed by atoms with Crippen molar-refractivity contribution in [1.82, 2.24) is 9.80 Å². The summed E-state index contributed by atoms with van der Waals surface area (Å²) in [6.45, 7) is 6.64. The molecule has 0 N–H and O–H groups in total. The molecule has 0 bridgehead atoms. The lowest BCUT2D eigenvalue weighted by Crippen LogP contribution is -2.47. The van der Waals surface area contributed by atoms with Gasteiger partial charge < -0.3 is 9.80 Å². The Kier molecular flexibility index (Phi) is 8.14. The summed E-state index contributed by atoms with van der Waals surface area (Å²) in [5.41, 5.74) is 2.19. The maximum atomic E-state index is 13.1. The number of carbonyl (C=O) groups is 2. The Balaban J connectivity index is 2.21. The molecule has 1 heterocycles. The Morgan fingerprint density at radius 1 is 1.07 bits per heavy atom. The van der Waals surface area contributed by atoms with Crippen molar-refractivity contribution in [3.05, 3.63) is 57.8 Å². The number of aryl methyl sites for hydroxylation is 1. The van der Waals surface area contributed by atoms with Gasteiger partial charge in [0.15, 0.2) is 4.84 Å². The molecule has 2 amide bonds. The molecular formula is C20H24Cl2N2O2S. The Morgan fingerprint density at radius 3 is 2.26 bits per heavy atom. The molecule has 0 radical (unpaired) electrons. The summed E-state index contributed by atoms with van der Waals surface area (Å²) >= 11 is 13.1. The van der Waals surface area contributed by atoms with Crippen LogP contribution in [0.3, 0.4) is 0 Å². The molecule has 0 saturated heterocycles. The van der Waals surface area contributed by atoms with Crippen LogP contribution in [-0.4, -0.2) is 39.0 Å². The Morgan fingerprint density at radius 2 is 1.74 bits per heavy atom. The fraction of sp³-hybridized carbons (Fsp3) is 0.400. The van der Waals surface area contributed by atoms with E-state index in [0.29, 0.717) is 13.1 Å². The van der Waals surface area contributed by atoms with E-state index >= 15 is 0 Å². The molecule has 0 aliphatic rings. The van der Waals surface area contributed by atoms with Crippen molar-refractivity contribution in [2.45, 2.75) is 44.7 Å². The van der Waals surface area contributed by atoms with Gasteiger partial charge in [-0.05, 0) is 43.3 Å². The fourth-order valence-electron chi connectivity index (χ4n) is 2.66. The minimum atomic E-state index is -1.18. The third kappa shape index (κ3) is 6.23. The first-order valence-electron chi connectivity index (χ1n) is 8.73. The number of carbonyl (C=O) groups excluding carboxylic acids is 2. The number of thiophene rings is 1. The lowest BCUT2D eigenvalue weighted by atomic mass is 10.2. The minimum absolute atomic E-state index is 0.0519. The van der Waals surface area contributed by atoms with Gasteiger partial charge in [-0.15, -0.1) is 11.3 Å². The molecule has 0 spiro atoms. The highest BCUT2D eigenvalue weighted by Crippen LogP contribution is 2.20. The van der Waals surface area contributed by atoms with E-state index in [1.54, 1.807) is 16.2 Å². The molecule has 1 aromatic carbocycles. The molecule has 0 unspecified atom stereocenters. The second kappa shape index (κ2) is 10.1.